The lowest BCUT2D eigenvalue weighted by Gasteiger charge is -2.40. The number of carbonyl (C=O) groups excluding carboxylic acids is 1. The number of rotatable bonds is 8. The van der Waals surface area contributed by atoms with Crippen LogP contribution in [0.25, 0.3) is 0 Å². The van der Waals surface area contributed by atoms with Gasteiger partial charge in [0.05, 0.1) is 0 Å². The van der Waals surface area contributed by atoms with Gasteiger partial charge in [-0.1, -0.05) is 40.5 Å². The Bertz CT molecular complexity index is 1310. The predicted molar refractivity (Wildman–Crippen MR) is 149 cm³/mol. The van der Waals surface area contributed by atoms with E-state index in [4.69, 9.17) is 4.74 Å². The van der Waals surface area contributed by atoms with Crippen molar-refractivity contribution in [2.45, 2.75) is 87.0 Å². The molecule has 0 amide bonds. The van der Waals surface area contributed by atoms with Crippen LogP contribution in [0.1, 0.15) is 85.3 Å². The maximum atomic E-state index is 13.6. The third-order valence-electron chi connectivity index (χ3n) is 7.43. The number of aliphatic carboxylic acids is 1. The second kappa shape index (κ2) is 11.5. The summed E-state index contributed by atoms with van der Waals surface area (Å²) in [5, 5.41) is 32.0. The maximum absolute atomic E-state index is 13.6. The predicted octanol–water partition coefficient (Wildman–Crippen LogP) is 7.26. The van der Waals surface area contributed by atoms with Gasteiger partial charge in [-0.15, -0.1) is 0 Å². The van der Waals surface area contributed by atoms with Crippen molar-refractivity contribution >= 4 is 11.8 Å². The number of phenolic OH excluding ortho intramolecular Hbond substituents is 2. The van der Waals surface area contributed by atoms with Gasteiger partial charge < -0.3 is 20.1 Å². The highest BCUT2D eigenvalue weighted by Crippen LogP contribution is 2.53. The molecule has 0 fully saturated rings. The van der Waals surface area contributed by atoms with Gasteiger partial charge in [-0.2, -0.15) is 0 Å². The molecule has 0 spiro atoms. The van der Waals surface area contributed by atoms with Crippen molar-refractivity contribution in [3.05, 3.63) is 74.6 Å². The highest BCUT2D eigenvalue weighted by atomic mass is 16.5. The SMILES string of the molecule is CC(C)=CCC/C(C)=C/C[C@]1(C(=O)O)CC(=C(C)C)C(=O)C2=C1Cc1c(O)cc(O)c(CC=C(C)C)c1O2. The molecule has 6 heteroatoms. The number of phenols is 2. The summed E-state index contributed by atoms with van der Waals surface area (Å²) in [5.41, 5.74) is 4.36. The Balaban J connectivity index is 2.17. The molecule has 0 bridgehead atoms. The molecule has 38 heavy (non-hydrogen) atoms. The third kappa shape index (κ3) is 5.79. The molecule has 0 radical (unpaired) electrons. The fourth-order valence-electron chi connectivity index (χ4n) is 5.06. The van der Waals surface area contributed by atoms with Crippen LogP contribution in [0, 0.1) is 5.41 Å². The molecule has 0 unspecified atom stereocenters. The van der Waals surface area contributed by atoms with Gasteiger partial charge in [-0.3, -0.25) is 9.59 Å². The summed E-state index contributed by atoms with van der Waals surface area (Å²) in [6, 6.07) is 1.27. The Hall–Kier alpha value is -3.54. The fraction of sp³-hybridized carbons (Fsp3) is 0.438. The lowest BCUT2D eigenvalue weighted by molar-refractivity contribution is -0.147. The third-order valence-corrected chi connectivity index (χ3v) is 7.43. The number of carboxylic acids is 1. The van der Waals surface area contributed by atoms with Gasteiger partial charge in [0.2, 0.25) is 5.78 Å². The molecule has 3 rings (SSSR count). The molecule has 2 aliphatic rings. The van der Waals surface area contributed by atoms with Crippen molar-refractivity contribution < 1.29 is 29.6 Å². The molecule has 0 saturated carbocycles. The van der Waals surface area contributed by atoms with Gasteiger partial charge in [0.25, 0.3) is 0 Å². The summed E-state index contributed by atoms with van der Waals surface area (Å²) in [7, 11) is 0. The van der Waals surface area contributed by atoms with Gasteiger partial charge in [0.15, 0.2) is 5.76 Å². The second-order valence-electron chi connectivity index (χ2n) is 11.2. The molecule has 1 heterocycles. The average molecular weight is 521 g/mol. The average Bonchev–Trinajstić information content (AvgIpc) is 2.82. The van der Waals surface area contributed by atoms with Crippen LogP contribution in [-0.4, -0.2) is 27.1 Å². The first kappa shape index (κ1) is 29.0. The first-order chi connectivity index (χ1) is 17.8. The van der Waals surface area contributed by atoms with Crippen LogP contribution in [0.15, 0.2) is 63.5 Å². The Labute approximate surface area is 225 Å². The summed E-state index contributed by atoms with van der Waals surface area (Å²) in [5.74, 6) is -1.44. The Morgan fingerprint density at radius 1 is 1.00 bits per heavy atom. The Morgan fingerprint density at radius 3 is 2.24 bits per heavy atom. The molecule has 0 saturated heterocycles. The molecular formula is C32H40O6. The lowest BCUT2D eigenvalue weighted by atomic mass is 9.64. The van der Waals surface area contributed by atoms with E-state index in [1.54, 1.807) is 13.8 Å². The summed E-state index contributed by atoms with van der Waals surface area (Å²) < 4.78 is 6.21. The minimum Gasteiger partial charge on any atom is -0.507 e. The molecule has 6 nitrogen and oxygen atoms in total. The zero-order chi connectivity index (χ0) is 28.4. The molecule has 1 aliphatic carbocycles. The number of ketones is 1. The maximum Gasteiger partial charge on any atom is 0.314 e. The highest BCUT2D eigenvalue weighted by molar-refractivity contribution is 6.11. The van der Waals surface area contributed by atoms with Gasteiger partial charge in [-0.25, -0.2) is 0 Å². The minimum absolute atomic E-state index is 0.00129. The van der Waals surface area contributed by atoms with Crippen molar-refractivity contribution in [3.63, 3.8) is 0 Å². The van der Waals surface area contributed by atoms with Crippen LogP contribution in [0.2, 0.25) is 0 Å². The normalized spacial score (nSPS) is 18.9. The number of carboxylic acid groups (broad SMARTS) is 1. The van der Waals surface area contributed by atoms with Crippen molar-refractivity contribution in [2.24, 2.45) is 5.41 Å². The highest BCUT2D eigenvalue weighted by Gasteiger charge is 2.52. The van der Waals surface area contributed by atoms with E-state index in [2.05, 4.69) is 6.08 Å². The number of Topliss-reactive ketones (excluding diaryl/α,β-unsaturated/α-hetero) is 1. The number of benzene rings is 1. The van der Waals surface area contributed by atoms with E-state index < -0.39 is 11.4 Å². The molecule has 204 valence electrons. The first-order valence-corrected chi connectivity index (χ1v) is 13.1. The van der Waals surface area contributed by atoms with Crippen LogP contribution in [-0.2, 0) is 22.4 Å². The molecule has 1 aliphatic heterocycles. The van der Waals surface area contributed by atoms with Crippen molar-refractivity contribution in [1.29, 1.82) is 0 Å². The molecule has 3 N–H and O–H groups in total. The van der Waals surface area contributed by atoms with Crippen LogP contribution in [0.5, 0.6) is 17.2 Å². The molecule has 1 atom stereocenters. The van der Waals surface area contributed by atoms with Crippen LogP contribution in [0.3, 0.4) is 0 Å². The monoisotopic (exact) mass is 520 g/mol. The smallest absolute Gasteiger partial charge is 0.314 e. The van der Waals surface area contributed by atoms with Crippen molar-refractivity contribution in [1.82, 2.24) is 0 Å². The van der Waals surface area contributed by atoms with Crippen LogP contribution >= 0.6 is 0 Å². The topological polar surface area (TPSA) is 104 Å². The zero-order valence-electron chi connectivity index (χ0n) is 23.6. The lowest BCUT2D eigenvalue weighted by Crippen LogP contribution is -2.42. The van der Waals surface area contributed by atoms with Gasteiger partial charge in [0.1, 0.15) is 22.7 Å². The fourth-order valence-corrected chi connectivity index (χ4v) is 5.06. The first-order valence-electron chi connectivity index (χ1n) is 13.1. The number of carbonyl (C=O) groups is 2. The van der Waals surface area contributed by atoms with Crippen LogP contribution < -0.4 is 4.74 Å². The molecular weight excluding hydrogens is 480 g/mol. The number of ether oxygens (including phenoxy) is 1. The Morgan fingerprint density at radius 2 is 1.66 bits per heavy atom. The van der Waals surface area contributed by atoms with Gasteiger partial charge >= 0.3 is 5.97 Å². The molecule has 1 aromatic rings. The summed E-state index contributed by atoms with van der Waals surface area (Å²) in [4.78, 5) is 26.7. The summed E-state index contributed by atoms with van der Waals surface area (Å²) in [6.45, 7) is 13.6. The number of allylic oxidation sites excluding steroid dienone is 8. The van der Waals surface area contributed by atoms with Gasteiger partial charge in [-0.05, 0) is 86.1 Å². The number of aromatic hydroxyl groups is 2. The van der Waals surface area contributed by atoms with E-state index in [1.807, 2.05) is 46.8 Å². The van der Waals surface area contributed by atoms with Crippen molar-refractivity contribution in [3.8, 4) is 17.2 Å². The minimum atomic E-state index is -1.39. The summed E-state index contributed by atoms with van der Waals surface area (Å²) in [6.07, 6.45) is 8.39. The van der Waals surface area contributed by atoms with E-state index in [0.29, 0.717) is 28.7 Å². The van der Waals surface area contributed by atoms with E-state index in [0.717, 1.165) is 29.6 Å². The van der Waals surface area contributed by atoms with Crippen molar-refractivity contribution in [2.75, 3.05) is 0 Å². The quantitative estimate of drug-likeness (QED) is 0.246. The zero-order valence-corrected chi connectivity index (χ0v) is 23.6. The molecule has 1 aromatic carbocycles. The van der Waals surface area contributed by atoms with E-state index in [-0.39, 0.29) is 48.1 Å². The largest absolute Gasteiger partial charge is 0.507 e. The van der Waals surface area contributed by atoms with E-state index >= 15 is 0 Å². The van der Waals surface area contributed by atoms with E-state index in [1.165, 1.54) is 11.6 Å². The number of fused-ring (bicyclic) bond motifs is 1. The van der Waals surface area contributed by atoms with Crippen LogP contribution in [0.4, 0.5) is 0 Å². The standard InChI is InChI=1S/C32H40O6/c1-18(2)9-8-10-21(7)13-14-32(31(36)37)17-24(20(5)6)28(35)30-25(32)15-23-27(34)16-26(33)22(29(23)38-30)12-11-19(3)4/h9,11,13,16,33-34H,8,10,12,14-15,17H2,1-7H3,(H,36,37)/b21-13+/t32-/m0/s1. The van der Waals surface area contributed by atoms with E-state index in [9.17, 15) is 24.9 Å². The number of hydrogen-bond acceptors (Lipinski definition) is 5. The summed E-state index contributed by atoms with van der Waals surface area (Å²) >= 11 is 0. The van der Waals surface area contributed by atoms with Gasteiger partial charge in [0, 0.05) is 29.2 Å². The number of hydrogen-bond donors (Lipinski definition) is 3. The second-order valence-corrected chi connectivity index (χ2v) is 11.2. The Kier molecular flexibility index (Phi) is 8.75. The molecule has 0 aromatic heterocycles.